The second-order valence-electron chi connectivity index (χ2n) is 16.3. The predicted octanol–water partition coefficient (Wildman–Crippen LogP) is 13.8. The average Bonchev–Trinajstić information content (AvgIpc) is 3.22. The van der Waals surface area contributed by atoms with Crippen molar-refractivity contribution in [1.82, 2.24) is 0 Å². The predicted molar refractivity (Wildman–Crippen MR) is 240 cm³/mol. The van der Waals surface area contributed by atoms with E-state index in [2.05, 4.69) is 91.9 Å². The highest BCUT2D eigenvalue weighted by Gasteiger charge is 2.26. The highest BCUT2D eigenvalue weighted by atomic mass is 16.3. The van der Waals surface area contributed by atoms with E-state index in [9.17, 15) is 20.4 Å². The number of hydrogen-bond acceptors (Lipinski definition) is 4. The smallest absolute Gasteiger partial charge is 0.127 e. The van der Waals surface area contributed by atoms with Crippen LogP contribution in [0.1, 0.15) is 94.2 Å². The van der Waals surface area contributed by atoms with Gasteiger partial charge < -0.3 is 20.4 Å². The Bertz CT molecular complexity index is 2690. The summed E-state index contributed by atoms with van der Waals surface area (Å²) in [6.07, 6.45) is 0. The van der Waals surface area contributed by atoms with Crippen molar-refractivity contribution in [2.75, 3.05) is 0 Å². The van der Waals surface area contributed by atoms with Crippen LogP contribution in [0.5, 0.6) is 23.0 Å². The lowest BCUT2D eigenvalue weighted by Gasteiger charge is -2.25. The molecule has 0 fully saturated rings. The van der Waals surface area contributed by atoms with E-state index in [4.69, 9.17) is 0 Å². The number of rotatable bonds is 8. The third kappa shape index (κ3) is 6.94. The van der Waals surface area contributed by atoms with Crippen LogP contribution < -0.4 is 0 Å². The minimum absolute atomic E-state index is 0.179. The van der Waals surface area contributed by atoms with Gasteiger partial charge in [-0.15, -0.1) is 0 Å². The van der Waals surface area contributed by atoms with Gasteiger partial charge in [0.05, 0.1) is 0 Å². The van der Waals surface area contributed by atoms with Crippen molar-refractivity contribution in [2.24, 2.45) is 0 Å². The summed E-state index contributed by atoms with van der Waals surface area (Å²) in [5, 5.41) is 51.3. The lowest BCUT2D eigenvalue weighted by Crippen LogP contribution is -2.06. The largest absolute Gasteiger partial charge is 0.508 e. The molecule has 2 unspecified atom stereocenters. The number of benzene rings is 8. The van der Waals surface area contributed by atoms with Crippen LogP contribution in [-0.2, 0) is 0 Å². The summed E-state index contributed by atoms with van der Waals surface area (Å²) >= 11 is 0. The molecule has 4 N–H and O–H groups in total. The summed E-state index contributed by atoms with van der Waals surface area (Å²) in [5.74, 6) is -0.0981. The summed E-state index contributed by atoms with van der Waals surface area (Å²) in [5.41, 5.74) is 12.3. The molecule has 0 heterocycles. The maximum absolute atomic E-state index is 12.2. The van der Waals surface area contributed by atoms with Crippen LogP contribution in [-0.4, -0.2) is 20.4 Å². The van der Waals surface area contributed by atoms with E-state index >= 15 is 0 Å². The molecule has 0 amide bonds. The number of phenolic OH excluding ortho intramolecular Hbond substituents is 4. The molecule has 0 aliphatic heterocycles. The van der Waals surface area contributed by atoms with Crippen LogP contribution >= 0.6 is 0 Å². The molecule has 0 spiro atoms. The first-order chi connectivity index (χ1) is 27.8. The zero-order valence-electron chi connectivity index (χ0n) is 34.2. The van der Waals surface area contributed by atoms with Gasteiger partial charge >= 0.3 is 0 Å². The molecule has 0 radical (unpaired) electrons. The van der Waals surface area contributed by atoms with Gasteiger partial charge in [0.25, 0.3) is 0 Å². The van der Waals surface area contributed by atoms with Crippen molar-refractivity contribution in [1.29, 1.82) is 0 Å². The Morgan fingerprint density at radius 3 is 1.10 bits per heavy atom. The molecule has 8 rings (SSSR count). The second kappa shape index (κ2) is 15.1. The van der Waals surface area contributed by atoms with Gasteiger partial charge in [0.2, 0.25) is 0 Å². The van der Waals surface area contributed by atoms with Crippen LogP contribution in [0.25, 0.3) is 43.8 Å². The van der Waals surface area contributed by atoms with E-state index in [-0.39, 0.29) is 40.8 Å². The third-order valence-corrected chi connectivity index (χ3v) is 12.6. The van der Waals surface area contributed by atoms with Crippen LogP contribution in [0.3, 0.4) is 0 Å². The van der Waals surface area contributed by atoms with Crippen molar-refractivity contribution < 1.29 is 20.4 Å². The van der Waals surface area contributed by atoms with E-state index < -0.39 is 0 Å². The molecule has 0 saturated carbocycles. The summed E-state index contributed by atoms with van der Waals surface area (Å²) in [6.45, 7) is 14.3. The molecule has 4 heteroatoms. The number of aromatic hydroxyl groups is 4. The Morgan fingerprint density at radius 1 is 0.345 bits per heavy atom. The highest BCUT2D eigenvalue weighted by Crippen LogP contribution is 2.47. The maximum Gasteiger partial charge on any atom is 0.127 e. The molecule has 4 nitrogen and oxygen atoms in total. The van der Waals surface area contributed by atoms with E-state index in [0.717, 1.165) is 77.2 Å². The van der Waals surface area contributed by atoms with Gasteiger partial charge in [0.15, 0.2) is 0 Å². The van der Waals surface area contributed by atoms with E-state index in [1.807, 2.05) is 77.9 Å². The molecule has 0 aliphatic carbocycles. The first-order valence-electron chi connectivity index (χ1n) is 20.1. The summed E-state index contributed by atoms with van der Waals surface area (Å²) in [4.78, 5) is 0. The van der Waals surface area contributed by atoms with Gasteiger partial charge in [0.1, 0.15) is 23.0 Å². The van der Waals surface area contributed by atoms with Crippen molar-refractivity contribution in [3.05, 3.63) is 189 Å². The van der Waals surface area contributed by atoms with Crippen LogP contribution in [0.4, 0.5) is 0 Å². The first-order valence-corrected chi connectivity index (χ1v) is 20.1. The molecule has 2 atom stereocenters. The number of aryl methyl sites for hydroxylation is 4. The molecule has 8 aromatic carbocycles. The monoisotopic (exact) mass is 762 g/mol. The Balaban J connectivity index is 1.35. The molecule has 8 aromatic rings. The molecular formula is C54H50O4. The van der Waals surface area contributed by atoms with E-state index in [1.54, 1.807) is 12.1 Å². The fourth-order valence-corrected chi connectivity index (χ4v) is 8.54. The summed E-state index contributed by atoms with van der Waals surface area (Å²) in [6, 6.07) is 44.9. The number of fused-ring (bicyclic) bond motifs is 2. The highest BCUT2D eigenvalue weighted by molar-refractivity contribution is 5.90. The van der Waals surface area contributed by atoms with Gasteiger partial charge in [-0.1, -0.05) is 118 Å². The SMILES string of the molecule is Cc1cc(O)c(C(C)c2cc(C(C)c3cc(-c4ccc5ccccc5c4)c(O)c(C(C)c4cc(C)c(C)cc4O)c3)cc(-c3ccc4ccccc4c3)c2O)cc1C. The Morgan fingerprint density at radius 2 is 0.707 bits per heavy atom. The van der Waals surface area contributed by atoms with E-state index in [0.29, 0.717) is 22.3 Å². The van der Waals surface area contributed by atoms with E-state index in [1.165, 1.54) is 0 Å². The number of hydrogen-bond donors (Lipinski definition) is 4. The molecule has 290 valence electrons. The van der Waals surface area contributed by atoms with Crippen molar-refractivity contribution in [2.45, 2.75) is 66.2 Å². The first kappa shape index (κ1) is 38.4. The topological polar surface area (TPSA) is 80.9 Å². The zero-order chi connectivity index (χ0) is 41.0. The molecule has 58 heavy (non-hydrogen) atoms. The van der Waals surface area contributed by atoms with Gasteiger partial charge in [-0.25, -0.2) is 0 Å². The van der Waals surface area contributed by atoms with Crippen molar-refractivity contribution in [3.8, 4) is 45.3 Å². The van der Waals surface area contributed by atoms with Gasteiger partial charge in [-0.2, -0.15) is 0 Å². The minimum atomic E-state index is -0.332. The lowest BCUT2D eigenvalue weighted by molar-refractivity contribution is 0.456. The summed E-state index contributed by atoms with van der Waals surface area (Å²) in [7, 11) is 0. The Labute approximate surface area is 341 Å². The van der Waals surface area contributed by atoms with Crippen LogP contribution in [0.2, 0.25) is 0 Å². The number of phenols is 4. The fourth-order valence-electron chi connectivity index (χ4n) is 8.54. The minimum Gasteiger partial charge on any atom is -0.508 e. The van der Waals surface area contributed by atoms with Crippen molar-refractivity contribution >= 4 is 21.5 Å². The second-order valence-corrected chi connectivity index (χ2v) is 16.3. The molecular weight excluding hydrogens is 713 g/mol. The quantitative estimate of drug-likeness (QED) is 0.124. The normalized spacial score (nSPS) is 13.2. The molecule has 0 aromatic heterocycles. The maximum atomic E-state index is 12.2. The third-order valence-electron chi connectivity index (χ3n) is 12.6. The van der Waals surface area contributed by atoms with Crippen molar-refractivity contribution in [3.63, 3.8) is 0 Å². The zero-order valence-corrected chi connectivity index (χ0v) is 34.2. The van der Waals surface area contributed by atoms with Gasteiger partial charge in [-0.3, -0.25) is 0 Å². The van der Waals surface area contributed by atoms with Gasteiger partial charge in [0, 0.05) is 51.1 Å². The standard InChI is InChI=1S/C54H50O4/c1-30-20-45(51(55)22-32(30)3)35(6)47-26-43(28-49(53(47)57)41-18-16-37-12-8-10-14-39(37)24-41)34(5)44-27-48(36(7)46-21-31(2)33(4)23-52(46)56)54(58)50(29-44)42-19-17-38-13-9-11-15-40(38)25-42/h8-29,34-36,55-58H,1-7H3. The fraction of sp³-hybridized carbons (Fsp3) is 0.185. The van der Waals surface area contributed by atoms with Gasteiger partial charge in [-0.05, 0) is 130 Å². The molecule has 0 aliphatic rings. The average molecular weight is 763 g/mol. The molecule has 0 saturated heterocycles. The van der Waals surface area contributed by atoms with Crippen LogP contribution in [0, 0.1) is 27.7 Å². The molecule has 0 bridgehead atoms. The van der Waals surface area contributed by atoms with Crippen LogP contribution in [0.15, 0.2) is 133 Å². The Hall–Kier alpha value is -6.52. The Kier molecular flexibility index (Phi) is 9.98. The lowest BCUT2D eigenvalue weighted by atomic mass is 9.80. The summed E-state index contributed by atoms with van der Waals surface area (Å²) < 4.78 is 0.